The molecule has 4 rings (SSSR count). The Morgan fingerprint density at radius 2 is 1.46 bits per heavy atom. The number of hydrogen-bond donors (Lipinski definition) is 0. The molecule has 0 unspecified atom stereocenters. The van der Waals surface area contributed by atoms with Crippen molar-refractivity contribution in [3.63, 3.8) is 0 Å². The van der Waals surface area contributed by atoms with Gasteiger partial charge in [0.15, 0.2) is 17.4 Å². The lowest BCUT2D eigenvalue weighted by Gasteiger charge is -2.45. The number of methoxy groups -OCH3 is 2. The summed E-state index contributed by atoms with van der Waals surface area (Å²) >= 11 is 0. The van der Waals surface area contributed by atoms with Crippen LogP contribution in [-0.2, 0) is 34.2 Å². The Balaban J connectivity index is 1.68. The van der Waals surface area contributed by atoms with E-state index in [9.17, 15) is 0 Å². The van der Waals surface area contributed by atoms with Crippen molar-refractivity contribution in [3.05, 3.63) is 29.8 Å². The average Bonchev–Trinajstić information content (AvgIpc) is 3.17. The third-order valence-electron chi connectivity index (χ3n) is 5.60. The Hall–Kier alpha value is -1.22. The van der Waals surface area contributed by atoms with Crippen LogP contribution < -0.4 is 4.74 Å². The van der Waals surface area contributed by atoms with Crippen LogP contribution in [0.2, 0.25) is 0 Å². The first-order valence-electron chi connectivity index (χ1n) is 9.72. The fourth-order valence-corrected chi connectivity index (χ4v) is 4.34. The highest BCUT2D eigenvalue weighted by atomic mass is 16.8. The molecule has 0 N–H and O–H groups in total. The topological polar surface area (TPSA) is 64.6 Å². The Morgan fingerprint density at radius 1 is 0.821 bits per heavy atom. The quantitative estimate of drug-likeness (QED) is 0.778. The summed E-state index contributed by atoms with van der Waals surface area (Å²) in [5, 5.41) is 0. The minimum Gasteiger partial charge on any atom is -0.497 e. The SMILES string of the molecule is COc1ccc([C@@]2(OC)C[C@H]3OC(C)(C)O[C@H]3[C@@H]([C@H]3COC(C)(C)O3)O2)cc1. The summed E-state index contributed by atoms with van der Waals surface area (Å²) in [5.41, 5.74) is 0.894. The zero-order valence-electron chi connectivity index (χ0n) is 17.4. The summed E-state index contributed by atoms with van der Waals surface area (Å²) in [7, 11) is 3.29. The molecule has 1 aromatic carbocycles. The van der Waals surface area contributed by atoms with Crippen molar-refractivity contribution >= 4 is 0 Å². The molecular weight excluding hydrogens is 364 g/mol. The normalized spacial score (nSPS) is 38.9. The lowest BCUT2D eigenvalue weighted by molar-refractivity contribution is -0.322. The van der Waals surface area contributed by atoms with E-state index >= 15 is 0 Å². The van der Waals surface area contributed by atoms with E-state index in [-0.39, 0.29) is 18.3 Å². The van der Waals surface area contributed by atoms with Gasteiger partial charge in [0, 0.05) is 19.1 Å². The van der Waals surface area contributed by atoms with Crippen molar-refractivity contribution in [2.24, 2.45) is 0 Å². The van der Waals surface area contributed by atoms with Crippen LogP contribution in [0.15, 0.2) is 24.3 Å². The molecule has 7 heteroatoms. The third-order valence-corrected chi connectivity index (χ3v) is 5.60. The van der Waals surface area contributed by atoms with Crippen LogP contribution in [0, 0.1) is 0 Å². The largest absolute Gasteiger partial charge is 0.497 e. The Labute approximate surface area is 166 Å². The van der Waals surface area contributed by atoms with Gasteiger partial charge in [0.05, 0.1) is 19.8 Å². The van der Waals surface area contributed by atoms with Gasteiger partial charge in [-0.2, -0.15) is 0 Å². The first-order valence-corrected chi connectivity index (χ1v) is 9.72. The van der Waals surface area contributed by atoms with Gasteiger partial charge in [0.2, 0.25) is 0 Å². The highest BCUT2D eigenvalue weighted by Crippen LogP contribution is 2.48. The van der Waals surface area contributed by atoms with E-state index in [1.165, 1.54) is 0 Å². The fraction of sp³-hybridized carbons (Fsp3) is 0.714. The molecule has 3 saturated heterocycles. The molecule has 5 atom stereocenters. The van der Waals surface area contributed by atoms with Crippen LogP contribution in [0.4, 0.5) is 0 Å². The second kappa shape index (κ2) is 6.93. The van der Waals surface area contributed by atoms with Crippen LogP contribution in [0.5, 0.6) is 5.75 Å². The summed E-state index contributed by atoms with van der Waals surface area (Å²) in [6.07, 6.45) is -0.628. The molecule has 3 heterocycles. The van der Waals surface area contributed by atoms with Crippen molar-refractivity contribution in [1.29, 1.82) is 0 Å². The molecule has 0 aromatic heterocycles. The minimum atomic E-state index is -0.974. The lowest BCUT2D eigenvalue weighted by Crippen LogP contribution is -2.57. The van der Waals surface area contributed by atoms with Gasteiger partial charge in [-0.05, 0) is 52.0 Å². The van der Waals surface area contributed by atoms with Gasteiger partial charge in [-0.3, -0.25) is 0 Å². The van der Waals surface area contributed by atoms with E-state index in [1.54, 1.807) is 14.2 Å². The van der Waals surface area contributed by atoms with Crippen LogP contribution >= 0.6 is 0 Å². The number of hydrogen-bond acceptors (Lipinski definition) is 7. The fourth-order valence-electron chi connectivity index (χ4n) is 4.34. The summed E-state index contributed by atoms with van der Waals surface area (Å²) in [5.74, 6) is -1.56. The van der Waals surface area contributed by atoms with Crippen molar-refractivity contribution in [2.45, 2.75) is 75.9 Å². The number of benzene rings is 1. The number of ether oxygens (including phenoxy) is 7. The summed E-state index contributed by atoms with van der Waals surface area (Å²) < 4.78 is 42.2. The lowest BCUT2D eigenvalue weighted by atomic mass is 9.89. The van der Waals surface area contributed by atoms with E-state index in [1.807, 2.05) is 52.0 Å². The first kappa shape index (κ1) is 20.1. The molecule has 3 aliphatic rings. The molecule has 156 valence electrons. The highest BCUT2D eigenvalue weighted by molar-refractivity contribution is 5.30. The molecule has 1 aromatic rings. The molecule has 3 fully saturated rings. The maximum Gasteiger partial charge on any atom is 0.197 e. The van der Waals surface area contributed by atoms with E-state index in [2.05, 4.69) is 0 Å². The zero-order valence-corrected chi connectivity index (χ0v) is 17.4. The Kier molecular flexibility index (Phi) is 4.97. The minimum absolute atomic E-state index is 0.192. The molecular formula is C21H30O7. The van der Waals surface area contributed by atoms with Gasteiger partial charge < -0.3 is 33.2 Å². The molecule has 0 spiro atoms. The molecule has 0 amide bonds. The van der Waals surface area contributed by atoms with Crippen molar-refractivity contribution in [3.8, 4) is 5.75 Å². The highest BCUT2D eigenvalue weighted by Gasteiger charge is 2.59. The third kappa shape index (κ3) is 3.56. The van der Waals surface area contributed by atoms with Gasteiger partial charge in [-0.1, -0.05) is 0 Å². The monoisotopic (exact) mass is 394 g/mol. The molecule has 7 nitrogen and oxygen atoms in total. The molecule has 0 bridgehead atoms. The molecule has 0 saturated carbocycles. The molecule has 28 heavy (non-hydrogen) atoms. The second-order valence-electron chi connectivity index (χ2n) is 8.48. The maximum absolute atomic E-state index is 6.59. The van der Waals surface area contributed by atoms with Crippen LogP contribution in [-0.4, -0.2) is 56.8 Å². The van der Waals surface area contributed by atoms with Gasteiger partial charge in [0.1, 0.15) is 24.1 Å². The van der Waals surface area contributed by atoms with E-state index < -0.39 is 23.5 Å². The second-order valence-corrected chi connectivity index (χ2v) is 8.48. The zero-order chi connectivity index (χ0) is 20.2. The van der Waals surface area contributed by atoms with Crippen molar-refractivity contribution in [2.75, 3.05) is 20.8 Å². The Morgan fingerprint density at radius 3 is 2.04 bits per heavy atom. The van der Waals surface area contributed by atoms with Crippen LogP contribution in [0.3, 0.4) is 0 Å². The van der Waals surface area contributed by atoms with E-state index in [0.717, 1.165) is 11.3 Å². The average molecular weight is 394 g/mol. The van der Waals surface area contributed by atoms with Crippen LogP contribution in [0.1, 0.15) is 39.7 Å². The number of rotatable bonds is 4. The number of fused-ring (bicyclic) bond motifs is 1. The van der Waals surface area contributed by atoms with Crippen LogP contribution in [0.25, 0.3) is 0 Å². The van der Waals surface area contributed by atoms with Gasteiger partial charge in [0.25, 0.3) is 0 Å². The Bertz CT molecular complexity index is 701. The standard InChI is InChI=1S/C21H30O7/c1-19(2)24-12-16(26-19)18-17-15(25-20(3,4)27-17)11-21(23-6,28-18)13-7-9-14(22-5)10-8-13/h7-10,15-18H,11-12H2,1-6H3/t15-,16-,17-,18-,21-/m1/s1. The van der Waals surface area contributed by atoms with Gasteiger partial charge in [-0.25, -0.2) is 0 Å². The smallest absolute Gasteiger partial charge is 0.197 e. The molecule has 0 aliphatic carbocycles. The maximum atomic E-state index is 6.59. The predicted octanol–water partition coefficient (Wildman–Crippen LogP) is 2.95. The predicted molar refractivity (Wildman–Crippen MR) is 99.9 cm³/mol. The van der Waals surface area contributed by atoms with E-state index in [0.29, 0.717) is 13.0 Å². The molecule has 3 aliphatic heterocycles. The summed E-state index contributed by atoms with van der Waals surface area (Å²) in [4.78, 5) is 0. The summed E-state index contributed by atoms with van der Waals surface area (Å²) in [6, 6.07) is 7.71. The van der Waals surface area contributed by atoms with E-state index in [4.69, 9.17) is 33.2 Å². The van der Waals surface area contributed by atoms with Crippen molar-refractivity contribution in [1.82, 2.24) is 0 Å². The van der Waals surface area contributed by atoms with Gasteiger partial charge in [-0.15, -0.1) is 0 Å². The first-order chi connectivity index (χ1) is 13.2. The molecule has 0 radical (unpaired) electrons. The van der Waals surface area contributed by atoms with Gasteiger partial charge >= 0.3 is 0 Å². The summed E-state index contributed by atoms with van der Waals surface area (Å²) in [6.45, 7) is 8.06. The van der Waals surface area contributed by atoms with Crippen molar-refractivity contribution < 1.29 is 33.2 Å².